The first-order valence-electron chi connectivity index (χ1n) is 8.91. The molecule has 1 aliphatic heterocycles. The lowest BCUT2D eigenvalue weighted by atomic mass is 10.2. The molecule has 8 nitrogen and oxygen atoms in total. The molecule has 1 aromatic carbocycles. The summed E-state index contributed by atoms with van der Waals surface area (Å²) >= 11 is 0. The molecular weight excluding hydrogens is 342 g/mol. The molecule has 1 aliphatic rings. The maximum atomic E-state index is 5.45. The predicted molar refractivity (Wildman–Crippen MR) is 104 cm³/mol. The Morgan fingerprint density at radius 3 is 2.74 bits per heavy atom. The van der Waals surface area contributed by atoms with Crippen molar-refractivity contribution in [1.29, 1.82) is 0 Å². The van der Waals surface area contributed by atoms with Crippen LogP contribution in [0.2, 0.25) is 0 Å². The molecule has 1 saturated heterocycles. The molecule has 0 atom stereocenters. The van der Waals surface area contributed by atoms with Crippen LogP contribution < -0.4 is 15.5 Å². The molecule has 3 aromatic rings. The van der Waals surface area contributed by atoms with Crippen molar-refractivity contribution in [3.8, 4) is 0 Å². The molecule has 27 heavy (non-hydrogen) atoms. The van der Waals surface area contributed by atoms with E-state index in [4.69, 9.17) is 4.74 Å². The summed E-state index contributed by atoms with van der Waals surface area (Å²) in [5.74, 6) is 1.09. The van der Waals surface area contributed by atoms with Crippen molar-refractivity contribution >= 4 is 23.1 Å². The number of ether oxygens (including phenoxy) is 1. The Kier molecular flexibility index (Phi) is 5.35. The van der Waals surface area contributed by atoms with E-state index in [9.17, 15) is 0 Å². The molecule has 0 spiro atoms. The van der Waals surface area contributed by atoms with Gasteiger partial charge < -0.3 is 20.3 Å². The van der Waals surface area contributed by atoms with E-state index in [1.165, 1.54) is 0 Å². The Morgan fingerprint density at radius 2 is 1.89 bits per heavy atom. The summed E-state index contributed by atoms with van der Waals surface area (Å²) in [4.78, 5) is 11.1. The van der Waals surface area contributed by atoms with Gasteiger partial charge in [-0.3, -0.25) is 4.98 Å². The van der Waals surface area contributed by atoms with E-state index in [2.05, 4.69) is 41.8 Å². The lowest BCUT2D eigenvalue weighted by Gasteiger charge is -2.30. The molecule has 0 amide bonds. The van der Waals surface area contributed by atoms with Crippen molar-refractivity contribution in [1.82, 2.24) is 20.2 Å². The van der Waals surface area contributed by atoms with Crippen LogP contribution in [-0.2, 0) is 11.3 Å². The number of benzene rings is 1. The number of rotatable bonds is 6. The van der Waals surface area contributed by atoms with Crippen LogP contribution in [0.4, 0.5) is 23.1 Å². The summed E-state index contributed by atoms with van der Waals surface area (Å²) in [6.07, 6.45) is 3.37. The maximum Gasteiger partial charge on any atom is 0.249 e. The standard InChI is InChI=1S/C19H21N7O/c1-2-7-17(26-9-11-27-12-10-26)16(6-1)23-19-24-18(14-22-25-19)21-13-15-5-3-4-8-20-15/h1-8,14H,9-13H2,(H2,21,23,24,25). The van der Waals surface area contributed by atoms with Gasteiger partial charge in [-0.05, 0) is 24.3 Å². The van der Waals surface area contributed by atoms with Gasteiger partial charge in [0.15, 0.2) is 5.82 Å². The van der Waals surface area contributed by atoms with Crippen LogP contribution in [0.5, 0.6) is 0 Å². The summed E-state index contributed by atoms with van der Waals surface area (Å²) in [6.45, 7) is 3.77. The number of pyridine rings is 1. The zero-order chi connectivity index (χ0) is 18.3. The van der Waals surface area contributed by atoms with Crippen LogP contribution in [0, 0.1) is 0 Å². The lowest BCUT2D eigenvalue weighted by molar-refractivity contribution is 0.123. The molecule has 0 aliphatic carbocycles. The van der Waals surface area contributed by atoms with Gasteiger partial charge in [-0.2, -0.15) is 10.1 Å². The minimum absolute atomic E-state index is 0.446. The van der Waals surface area contributed by atoms with Gasteiger partial charge in [0.2, 0.25) is 5.95 Å². The van der Waals surface area contributed by atoms with Crippen molar-refractivity contribution in [2.75, 3.05) is 41.8 Å². The molecule has 8 heteroatoms. The third-order valence-electron chi connectivity index (χ3n) is 4.24. The molecule has 2 aromatic heterocycles. The molecule has 0 radical (unpaired) electrons. The summed E-state index contributed by atoms with van der Waals surface area (Å²) in [5, 5.41) is 14.7. The van der Waals surface area contributed by atoms with Gasteiger partial charge in [0, 0.05) is 19.3 Å². The van der Waals surface area contributed by atoms with Gasteiger partial charge in [-0.15, -0.1) is 5.10 Å². The van der Waals surface area contributed by atoms with Crippen LogP contribution in [0.3, 0.4) is 0 Å². The molecule has 138 valence electrons. The van der Waals surface area contributed by atoms with Crippen LogP contribution in [-0.4, -0.2) is 46.5 Å². The first kappa shape index (κ1) is 17.2. The fraction of sp³-hybridized carbons (Fsp3) is 0.263. The summed E-state index contributed by atoms with van der Waals surface area (Å²) in [6, 6.07) is 13.9. The zero-order valence-electron chi connectivity index (χ0n) is 14.9. The third-order valence-corrected chi connectivity index (χ3v) is 4.24. The SMILES string of the molecule is c1ccc(CNc2cnnc(Nc3ccccc3N3CCOCC3)n2)nc1. The van der Waals surface area contributed by atoms with Crippen molar-refractivity contribution in [2.24, 2.45) is 0 Å². The number of aromatic nitrogens is 4. The Morgan fingerprint density at radius 1 is 1.04 bits per heavy atom. The molecule has 0 saturated carbocycles. The van der Waals surface area contributed by atoms with E-state index in [1.807, 2.05) is 36.4 Å². The maximum absolute atomic E-state index is 5.45. The number of para-hydroxylation sites is 2. The highest BCUT2D eigenvalue weighted by Crippen LogP contribution is 2.28. The number of morpholine rings is 1. The number of nitrogens with zero attached hydrogens (tertiary/aromatic N) is 5. The van der Waals surface area contributed by atoms with E-state index >= 15 is 0 Å². The highest BCUT2D eigenvalue weighted by Gasteiger charge is 2.15. The quantitative estimate of drug-likeness (QED) is 0.690. The minimum Gasteiger partial charge on any atom is -0.378 e. The average molecular weight is 363 g/mol. The highest BCUT2D eigenvalue weighted by molar-refractivity contribution is 5.73. The van der Waals surface area contributed by atoms with E-state index in [0.29, 0.717) is 18.3 Å². The van der Waals surface area contributed by atoms with E-state index in [1.54, 1.807) is 12.4 Å². The summed E-state index contributed by atoms with van der Waals surface area (Å²) in [7, 11) is 0. The van der Waals surface area contributed by atoms with Crippen LogP contribution >= 0.6 is 0 Å². The van der Waals surface area contributed by atoms with Gasteiger partial charge in [-0.25, -0.2) is 0 Å². The van der Waals surface area contributed by atoms with Crippen LogP contribution in [0.15, 0.2) is 54.9 Å². The Hall–Kier alpha value is -3.26. The molecule has 3 heterocycles. The fourth-order valence-electron chi connectivity index (χ4n) is 2.91. The molecular formula is C19H21N7O. The van der Waals surface area contributed by atoms with E-state index < -0.39 is 0 Å². The number of nitrogens with one attached hydrogen (secondary N) is 2. The second-order valence-electron chi connectivity index (χ2n) is 6.08. The minimum atomic E-state index is 0.446. The summed E-state index contributed by atoms with van der Waals surface area (Å²) in [5.41, 5.74) is 2.99. The van der Waals surface area contributed by atoms with Crippen molar-refractivity contribution in [3.63, 3.8) is 0 Å². The summed E-state index contributed by atoms with van der Waals surface area (Å²) < 4.78 is 5.45. The molecule has 0 unspecified atom stereocenters. The molecule has 4 rings (SSSR count). The smallest absolute Gasteiger partial charge is 0.249 e. The second-order valence-corrected chi connectivity index (χ2v) is 6.08. The second kappa shape index (κ2) is 8.41. The van der Waals surface area contributed by atoms with Gasteiger partial charge >= 0.3 is 0 Å². The Bertz CT molecular complexity index is 869. The zero-order valence-corrected chi connectivity index (χ0v) is 14.9. The van der Waals surface area contributed by atoms with Crippen LogP contribution in [0.1, 0.15) is 5.69 Å². The van der Waals surface area contributed by atoms with Crippen LogP contribution in [0.25, 0.3) is 0 Å². The van der Waals surface area contributed by atoms with Gasteiger partial charge in [0.1, 0.15) is 0 Å². The number of hydrogen-bond donors (Lipinski definition) is 2. The monoisotopic (exact) mass is 363 g/mol. The normalized spacial score (nSPS) is 14.0. The van der Waals surface area contributed by atoms with Crippen molar-refractivity contribution in [2.45, 2.75) is 6.54 Å². The largest absolute Gasteiger partial charge is 0.378 e. The van der Waals surface area contributed by atoms with E-state index in [0.717, 1.165) is 43.4 Å². The van der Waals surface area contributed by atoms with Gasteiger partial charge in [-0.1, -0.05) is 18.2 Å². The molecule has 0 bridgehead atoms. The lowest BCUT2D eigenvalue weighted by Crippen LogP contribution is -2.36. The van der Waals surface area contributed by atoms with Crippen molar-refractivity contribution in [3.05, 3.63) is 60.6 Å². The Labute approximate surface area is 157 Å². The first-order chi connectivity index (χ1) is 13.4. The molecule has 1 fully saturated rings. The third kappa shape index (κ3) is 4.48. The number of hydrogen-bond acceptors (Lipinski definition) is 8. The Balaban J connectivity index is 1.47. The highest BCUT2D eigenvalue weighted by atomic mass is 16.5. The average Bonchev–Trinajstić information content (AvgIpc) is 2.74. The topological polar surface area (TPSA) is 88.1 Å². The van der Waals surface area contributed by atoms with Gasteiger partial charge in [0.25, 0.3) is 0 Å². The fourth-order valence-corrected chi connectivity index (χ4v) is 2.91. The first-order valence-corrected chi connectivity index (χ1v) is 8.91. The predicted octanol–water partition coefficient (Wildman–Crippen LogP) is 2.46. The molecule has 2 N–H and O–H groups in total. The van der Waals surface area contributed by atoms with Crippen molar-refractivity contribution < 1.29 is 4.74 Å². The number of anilines is 4. The van der Waals surface area contributed by atoms with E-state index in [-0.39, 0.29) is 0 Å². The van der Waals surface area contributed by atoms with Gasteiger partial charge in [0.05, 0.1) is 43.0 Å².